The molecule has 0 aliphatic carbocycles. The van der Waals surface area contributed by atoms with E-state index in [0.717, 1.165) is 43.9 Å². The Morgan fingerprint density at radius 1 is 1.27 bits per heavy atom. The van der Waals surface area contributed by atoms with Crippen molar-refractivity contribution in [1.29, 1.82) is 0 Å². The molecule has 1 aliphatic rings. The van der Waals surface area contributed by atoms with Crippen LogP contribution in [0, 0.1) is 20.8 Å². The Kier molecular flexibility index (Phi) is 6.35. The van der Waals surface area contributed by atoms with E-state index < -0.39 is 6.55 Å². The number of carbonyl (C=O) groups is 1. The van der Waals surface area contributed by atoms with Gasteiger partial charge in [-0.1, -0.05) is 24.3 Å². The summed E-state index contributed by atoms with van der Waals surface area (Å²) in [6.07, 6.45) is 0.295. The minimum Gasteiger partial charge on any atom is -0.493 e. The van der Waals surface area contributed by atoms with Gasteiger partial charge in [-0.15, -0.1) is 0 Å². The zero-order valence-corrected chi connectivity index (χ0v) is 19.1. The molecule has 1 atom stereocenters. The van der Waals surface area contributed by atoms with Crippen molar-refractivity contribution in [2.45, 2.75) is 46.2 Å². The van der Waals surface area contributed by atoms with Gasteiger partial charge in [-0.2, -0.15) is 13.9 Å². The predicted molar refractivity (Wildman–Crippen MR) is 122 cm³/mol. The van der Waals surface area contributed by atoms with Gasteiger partial charge < -0.3 is 14.8 Å². The second-order valence-electron chi connectivity index (χ2n) is 8.25. The number of anilines is 1. The predicted octanol–water partition coefficient (Wildman–Crippen LogP) is 5.52. The van der Waals surface area contributed by atoms with Crippen molar-refractivity contribution < 1.29 is 23.0 Å². The van der Waals surface area contributed by atoms with Crippen LogP contribution in [0.3, 0.4) is 0 Å². The molecule has 1 unspecified atom stereocenters. The zero-order valence-electron chi connectivity index (χ0n) is 19.1. The molecule has 4 rings (SSSR count). The van der Waals surface area contributed by atoms with Gasteiger partial charge >= 0.3 is 12.5 Å². The SMILES string of the molecule is COC(=O)CC1COc2cc(NCc3cccc(-c4c(C)nn(C(F)F)c4C)c3C)ccc21. The number of rotatable bonds is 7. The molecule has 0 saturated carbocycles. The van der Waals surface area contributed by atoms with Crippen LogP contribution in [0.1, 0.15) is 47.0 Å². The molecule has 2 aromatic carbocycles. The number of nitrogens with one attached hydrogen (secondary N) is 1. The zero-order chi connectivity index (χ0) is 23.7. The second kappa shape index (κ2) is 9.21. The van der Waals surface area contributed by atoms with Crippen molar-refractivity contribution >= 4 is 11.7 Å². The van der Waals surface area contributed by atoms with Crippen molar-refractivity contribution in [3.05, 3.63) is 64.5 Å². The van der Waals surface area contributed by atoms with Gasteiger partial charge in [0, 0.05) is 41.0 Å². The average molecular weight is 456 g/mol. The van der Waals surface area contributed by atoms with Crippen LogP contribution in [-0.2, 0) is 16.1 Å². The fraction of sp³-hybridized carbons (Fsp3) is 0.360. The van der Waals surface area contributed by atoms with Gasteiger partial charge in [-0.25, -0.2) is 4.68 Å². The molecule has 0 bridgehead atoms. The average Bonchev–Trinajstić information content (AvgIpc) is 3.32. The van der Waals surface area contributed by atoms with E-state index in [2.05, 4.69) is 10.4 Å². The molecule has 0 spiro atoms. The fourth-order valence-corrected chi connectivity index (χ4v) is 4.43. The summed E-state index contributed by atoms with van der Waals surface area (Å²) in [6.45, 7) is 3.77. The van der Waals surface area contributed by atoms with E-state index in [1.165, 1.54) is 7.11 Å². The highest BCUT2D eigenvalue weighted by Crippen LogP contribution is 2.38. The molecule has 6 nitrogen and oxygen atoms in total. The number of nitrogens with zero attached hydrogens (tertiary/aromatic N) is 2. The molecule has 174 valence electrons. The van der Waals surface area contributed by atoms with Crippen LogP contribution >= 0.6 is 0 Å². The van der Waals surface area contributed by atoms with E-state index in [9.17, 15) is 13.6 Å². The number of ether oxygens (including phenoxy) is 2. The quantitative estimate of drug-likeness (QED) is 0.475. The van der Waals surface area contributed by atoms with Crippen LogP contribution in [0.2, 0.25) is 0 Å². The van der Waals surface area contributed by atoms with Crippen molar-refractivity contribution in [3.63, 3.8) is 0 Å². The van der Waals surface area contributed by atoms with Crippen LogP contribution < -0.4 is 10.1 Å². The molecule has 1 aliphatic heterocycles. The number of esters is 1. The van der Waals surface area contributed by atoms with Gasteiger partial charge in [-0.05, 0) is 43.5 Å². The third-order valence-electron chi connectivity index (χ3n) is 6.24. The van der Waals surface area contributed by atoms with Crippen molar-refractivity contribution in [1.82, 2.24) is 9.78 Å². The van der Waals surface area contributed by atoms with Crippen LogP contribution in [0.15, 0.2) is 36.4 Å². The topological polar surface area (TPSA) is 65.4 Å². The second-order valence-corrected chi connectivity index (χ2v) is 8.25. The number of methoxy groups -OCH3 is 1. The molecule has 0 amide bonds. The highest BCUT2D eigenvalue weighted by molar-refractivity contribution is 5.73. The van der Waals surface area contributed by atoms with E-state index in [4.69, 9.17) is 9.47 Å². The maximum Gasteiger partial charge on any atom is 0.333 e. The van der Waals surface area contributed by atoms with E-state index in [-0.39, 0.29) is 11.9 Å². The van der Waals surface area contributed by atoms with Crippen LogP contribution in [0.5, 0.6) is 5.75 Å². The number of carbonyl (C=O) groups excluding carboxylic acids is 1. The maximum absolute atomic E-state index is 13.3. The molecule has 0 saturated heterocycles. The third kappa shape index (κ3) is 4.42. The van der Waals surface area contributed by atoms with Gasteiger partial charge in [0.05, 0.1) is 25.8 Å². The summed E-state index contributed by atoms with van der Waals surface area (Å²) in [5, 5.41) is 7.44. The number of hydrogen-bond acceptors (Lipinski definition) is 5. The van der Waals surface area contributed by atoms with E-state index in [0.29, 0.717) is 31.0 Å². The van der Waals surface area contributed by atoms with Gasteiger partial charge in [-0.3, -0.25) is 4.79 Å². The van der Waals surface area contributed by atoms with Gasteiger partial charge in [0.15, 0.2) is 0 Å². The minimum atomic E-state index is -2.67. The fourth-order valence-electron chi connectivity index (χ4n) is 4.43. The first-order chi connectivity index (χ1) is 15.8. The first-order valence-corrected chi connectivity index (χ1v) is 10.8. The summed E-state index contributed by atoms with van der Waals surface area (Å²) in [6, 6.07) is 11.8. The summed E-state index contributed by atoms with van der Waals surface area (Å²) in [5.41, 5.74) is 6.66. The summed E-state index contributed by atoms with van der Waals surface area (Å²) < 4.78 is 37.9. The van der Waals surface area contributed by atoms with Gasteiger partial charge in [0.2, 0.25) is 0 Å². The molecule has 1 N–H and O–H groups in total. The van der Waals surface area contributed by atoms with E-state index in [1.54, 1.807) is 13.8 Å². The Labute approximate surface area is 191 Å². The van der Waals surface area contributed by atoms with Crippen LogP contribution in [0.4, 0.5) is 14.5 Å². The Morgan fingerprint density at radius 2 is 2.06 bits per heavy atom. The summed E-state index contributed by atoms with van der Waals surface area (Å²) in [5.74, 6) is 0.518. The van der Waals surface area contributed by atoms with Gasteiger partial charge in [0.25, 0.3) is 0 Å². The number of fused-ring (bicyclic) bond motifs is 1. The maximum atomic E-state index is 13.3. The lowest BCUT2D eigenvalue weighted by molar-refractivity contribution is -0.141. The lowest BCUT2D eigenvalue weighted by Crippen LogP contribution is -2.09. The summed E-state index contributed by atoms with van der Waals surface area (Å²) in [7, 11) is 1.39. The Balaban J connectivity index is 1.52. The number of benzene rings is 2. The number of hydrogen-bond donors (Lipinski definition) is 1. The standard InChI is InChI=1S/C25H27F2N3O3/c1-14-17(6-5-7-20(14)24-15(2)29-30(16(24)3)25(26)27)12-28-19-8-9-21-18(10-23(31)32-4)13-33-22(21)11-19/h5-9,11,18,25,28H,10,12-13H2,1-4H3. The molecule has 2 heterocycles. The van der Waals surface area contributed by atoms with Gasteiger partial charge in [0.1, 0.15) is 5.75 Å². The lowest BCUT2D eigenvalue weighted by Gasteiger charge is -2.14. The van der Waals surface area contributed by atoms with E-state index >= 15 is 0 Å². The van der Waals surface area contributed by atoms with Crippen LogP contribution in [0.25, 0.3) is 11.1 Å². The molecular weight excluding hydrogens is 428 g/mol. The molecule has 33 heavy (non-hydrogen) atoms. The Hall–Kier alpha value is -3.42. The Bertz CT molecular complexity index is 1190. The lowest BCUT2D eigenvalue weighted by atomic mass is 9.95. The normalized spacial score (nSPS) is 14.8. The summed E-state index contributed by atoms with van der Waals surface area (Å²) >= 11 is 0. The first kappa shape index (κ1) is 22.8. The van der Waals surface area contributed by atoms with Crippen molar-refractivity contribution in [3.8, 4) is 16.9 Å². The number of aryl methyl sites for hydroxylation is 1. The largest absolute Gasteiger partial charge is 0.493 e. The highest BCUT2D eigenvalue weighted by Gasteiger charge is 2.27. The molecule has 1 aromatic heterocycles. The van der Waals surface area contributed by atoms with Crippen molar-refractivity contribution in [2.75, 3.05) is 19.0 Å². The molecule has 3 aromatic rings. The van der Waals surface area contributed by atoms with Crippen molar-refractivity contribution in [2.24, 2.45) is 0 Å². The molecule has 0 radical (unpaired) electrons. The highest BCUT2D eigenvalue weighted by atomic mass is 19.3. The monoisotopic (exact) mass is 455 g/mol. The first-order valence-electron chi connectivity index (χ1n) is 10.8. The third-order valence-corrected chi connectivity index (χ3v) is 6.24. The minimum absolute atomic E-state index is 0.000982. The molecular formula is C25H27F2N3O3. The van der Waals surface area contributed by atoms with Crippen LogP contribution in [-0.4, -0.2) is 29.5 Å². The summed E-state index contributed by atoms with van der Waals surface area (Å²) in [4.78, 5) is 11.6. The number of halogens is 2. The molecule has 8 heteroatoms. The number of aromatic nitrogens is 2. The Morgan fingerprint density at radius 3 is 2.76 bits per heavy atom. The van der Waals surface area contributed by atoms with E-state index in [1.807, 2.05) is 43.3 Å². The smallest absolute Gasteiger partial charge is 0.333 e. The number of alkyl halides is 2. The molecule has 0 fully saturated rings.